The Balaban J connectivity index is 0.912. The van der Waals surface area contributed by atoms with Gasteiger partial charge in [-0.1, -0.05) is 405 Å². The molecule has 0 saturated carbocycles. The first-order valence-electron chi connectivity index (χ1n) is 49.5. The lowest BCUT2D eigenvalue weighted by Crippen LogP contribution is -2.61. The molecule has 23 rings (SSSR count). The van der Waals surface area contributed by atoms with Gasteiger partial charge >= 0.3 is 0 Å². The van der Waals surface area contributed by atoms with Crippen molar-refractivity contribution in [2.45, 2.75) is 236 Å². The Morgan fingerprint density at radius 2 is 0.422 bits per heavy atom. The maximum Gasteiger partial charge on any atom is 0.252 e. The summed E-state index contributed by atoms with van der Waals surface area (Å²) in [5.74, 6) is 0. The summed E-state index contributed by atoms with van der Waals surface area (Å²) < 4.78 is 5.45. The summed E-state index contributed by atoms with van der Waals surface area (Å²) in [6.45, 7) is 64.1. The van der Waals surface area contributed by atoms with Crippen molar-refractivity contribution in [1.29, 1.82) is 0 Å². The molecule has 0 amide bonds. The molecule has 0 saturated heterocycles. The summed E-state index contributed by atoms with van der Waals surface area (Å²) in [5.41, 5.74) is 37.3. The number of rotatable bonds is 8. The fourth-order valence-electron chi connectivity index (χ4n) is 24.0. The molecule has 135 heavy (non-hydrogen) atoms. The molecule has 670 valence electrons. The summed E-state index contributed by atoms with van der Waals surface area (Å²) in [6, 6.07) is 113. The van der Waals surface area contributed by atoms with Crippen LogP contribution in [-0.2, 0) is 48.7 Å². The minimum atomic E-state index is -0.396. The largest absolute Gasteiger partial charge is 0.310 e. The van der Waals surface area contributed by atoms with Crippen LogP contribution in [0, 0.1) is 0 Å². The van der Waals surface area contributed by atoms with Crippen molar-refractivity contribution in [3.05, 3.63) is 329 Å². The van der Waals surface area contributed by atoms with Gasteiger partial charge in [-0.25, -0.2) is 0 Å². The highest BCUT2D eigenvalue weighted by Gasteiger charge is 2.48. The van der Waals surface area contributed by atoms with Crippen molar-refractivity contribution in [2.75, 3.05) is 9.80 Å². The van der Waals surface area contributed by atoms with Gasteiger partial charge in [0.25, 0.3) is 6.71 Å². The third-order valence-corrected chi connectivity index (χ3v) is 31.0. The Morgan fingerprint density at radius 3 is 0.652 bits per heavy atom. The minimum absolute atomic E-state index is 0.0787. The molecule has 2 aliphatic rings. The zero-order valence-electron chi connectivity index (χ0n) is 84.4. The normalized spacial score (nSPS) is 14.0. The van der Waals surface area contributed by atoms with Gasteiger partial charge in [-0.05, 0) is 263 Å². The van der Waals surface area contributed by atoms with Crippen LogP contribution >= 0.6 is 0 Å². The second-order valence-electron chi connectivity index (χ2n) is 49.3. The number of hydrogen-bond donors (Lipinski definition) is 0. The number of para-hydroxylation sites is 2. The average Bonchev–Trinajstić information content (AvgIpc) is 1.55. The van der Waals surface area contributed by atoms with Crippen molar-refractivity contribution >= 4 is 165 Å². The molecule has 19 aromatic carbocycles. The topological polar surface area (TPSA) is 16.3 Å². The molecule has 21 aromatic rings. The summed E-state index contributed by atoms with van der Waals surface area (Å²) in [7, 11) is 0. The fourth-order valence-corrected chi connectivity index (χ4v) is 24.0. The maximum atomic E-state index is 2.81. The van der Waals surface area contributed by atoms with Crippen molar-refractivity contribution < 1.29 is 0 Å². The van der Waals surface area contributed by atoms with E-state index in [4.69, 9.17) is 0 Å². The van der Waals surface area contributed by atoms with Crippen molar-refractivity contribution in [1.82, 2.24) is 9.13 Å². The van der Waals surface area contributed by atoms with E-state index >= 15 is 0 Å². The molecule has 0 bridgehead atoms. The van der Waals surface area contributed by atoms with E-state index in [1.165, 1.54) is 175 Å². The highest BCUT2D eigenvalue weighted by molar-refractivity contribution is 7.00. The number of benzene rings is 19. The van der Waals surface area contributed by atoms with Gasteiger partial charge in [0.1, 0.15) is 0 Å². The van der Waals surface area contributed by atoms with Crippen LogP contribution in [0.1, 0.15) is 237 Å². The van der Waals surface area contributed by atoms with Gasteiger partial charge in [0.15, 0.2) is 0 Å². The van der Waals surface area contributed by atoms with E-state index in [1.54, 1.807) is 0 Å². The van der Waals surface area contributed by atoms with Gasteiger partial charge in [0.05, 0.1) is 33.4 Å². The Kier molecular flexibility index (Phi) is 18.4. The van der Waals surface area contributed by atoms with Crippen LogP contribution in [-0.4, -0.2) is 15.8 Å². The predicted molar refractivity (Wildman–Crippen MR) is 589 cm³/mol. The Morgan fingerprint density at radius 1 is 0.193 bits per heavy atom. The lowest BCUT2D eigenvalue weighted by molar-refractivity contribution is 0.590. The number of anilines is 6. The zero-order chi connectivity index (χ0) is 94.6. The number of nitrogens with zero attached hydrogens (tertiary/aromatic N) is 4. The van der Waals surface area contributed by atoms with E-state index in [2.05, 4.69) is 485 Å². The summed E-state index contributed by atoms with van der Waals surface area (Å²) in [5, 5.41) is 21.3. The number of hydrogen-bond acceptors (Lipinski definition) is 2. The van der Waals surface area contributed by atoms with Gasteiger partial charge in [-0.3, -0.25) is 0 Å². The van der Waals surface area contributed by atoms with Crippen LogP contribution in [0.2, 0.25) is 0 Å². The monoisotopic (exact) mass is 1760 g/mol. The Bertz CT molecular complexity index is 7590. The second-order valence-corrected chi connectivity index (χ2v) is 49.3. The first-order valence-corrected chi connectivity index (χ1v) is 49.5. The molecule has 4 nitrogen and oxygen atoms in total. The summed E-state index contributed by atoms with van der Waals surface area (Å²) in [6.07, 6.45) is 0. The summed E-state index contributed by atoms with van der Waals surface area (Å²) >= 11 is 0. The highest BCUT2D eigenvalue weighted by atomic mass is 15.2. The molecule has 4 heterocycles. The van der Waals surface area contributed by atoms with Gasteiger partial charge in [-0.2, -0.15) is 0 Å². The number of aromatic nitrogens is 2. The zero-order valence-corrected chi connectivity index (χ0v) is 84.4. The van der Waals surface area contributed by atoms with Crippen LogP contribution < -0.4 is 26.2 Å². The van der Waals surface area contributed by atoms with E-state index in [1.807, 2.05) is 0 Å². The minimum Gasteiger partial charge on any atom is -0.310 e. The van der Waals surface area contributed by atoms with Gasteiger partial charge in [0, 0.05) is 77.9 Å². The third-order valence-electron chi connectivity index (χ3n) is 31.0. The maximum absolute atomic E-state index is 2.81. The molecule has 0 unspecified atom stereocenters. The third kappa shape index (κ3) is 13.0. The van der Waals surface area contributed by atoms with Crippen molar-refractivity contribution in [2.24, 2.45) is 0 Å². The Labute approximate surface area is 799 Å². The van der Waals surface area contributed by atoms with Crippen LogP contribution in [0.15, 0.2) is 279 Å². The van der Waals surface area contributed by atoms with Crippen LogP contribution in [0.25, 0.3) is 164 Å². The van der Waals surface area contributed by atoms with Gasteiger partial charge in [-0.15, -0.1) is 0 Å². The molecular formula is C130H127BN4. The molecule has 0 fully saturated rings. The quantitative estimate of drug-likeness (QED) is 0.0856. The van der Waals surface area contributed by atoms with E-state index < -0.39 is 5.41 Å². The molecule has 0 N–H and O–H groups in total. The summed E-state index contributed by atoms with van der Waals surface area (Å²) in [4.78, 5) is 5.63. The van der Waals surface area contributed by atoms with Gasteiger partial charge in [0.2, 0.25) is 0 Å². The van der Waals surface area contributed by atoms with Crippen LogP contribution in [0.5, 0.6) is 0 Å². The van der Waals surface area contributed by atoms with E-state index in [0.717, 1.165) is 90.0 Å². The highest BCUT2D eigenvalue weighted by Crippen LogP contribution is 2.59. The lowest BCUT2D eigenvalue weighted by Gasteiger charge is -2.46. The molecule has 0 atom stereocenters. The van der Waals surface area contributed by atoms with E-state index in [9.17, 15) is 0 Å². The van der Waals surface area contributed by atoms with E-state index in [0.29, 0.717) is 0 Å². The van der Waals surface area contributed by atoms with Gasteiger partial charge < -0.3 is 18.9 Å². The van der Waals surface area contributed by atoms with E-state index in [-0.39, 0.29) is 50.0 Å². The molecule has 0 radical (unpaired) electrons. The molecule has 0 aliphatic carbocycles. The average molecular weight is 1760 g/mol. The smallest absolute Gasteiger partial charge is 0.252 e. The lowest BCUT2D eigenvalue weighted by atomic mass is 9.33. The van der Waals surface area contributed by atoms with Crippen molar-refractivity contribution in [3.8, 4) is 55.9 Å². The second kappa shape index (κ2) is 28.8. The molecular weight excluding hydrogens is 1630 g/mol. The molecule has 2 aromatic heterocycles. The first-order chi connectivity index (χ1) is 63.7. The number of fused-ring (bicyclic) bond motifs is 6. The van der Waals surface area contributed by atoms with Crippen LogP contribution in [0.3, 0.4) is 0 Å². The van der Waals surface area contributed by atoms with Crippen LogP contribution in [0.4, 0.5) is 34.1 Å². The standard InChI is InChI=1S/C130H127BN4/c1-122(2,3)78-54-46-74(47-55-78)85-34-28-35-86(75-48-56-79(57-49-75)123(4,5)6)120(85)134-103-68-83(132-105-70-97(127(16,17)18)93-42-30-38-89-90-39-31-43-94-98(128(19,20)21)71-106(132)116(112(90)94)115(105)111(89)93)62-64-101(103)131-102-65-63-84(133-107-72-99(129(22,23)24)95-44-32-40-91-92-41-33-45-96-100(130(25,26)27)73-108(133)118(114(92)96)117(107)113(91)95)69-104(102)135(110-67-82(126(13,14)15)66-109(134)119(110)131)121-87(76-50-58-80(59-51-76)124(7,8)9)36-29-37-88(121)77-52-60-81(61-53-77)125(10,11)12/h28-73H,1-27H3. The molecule has 5 heteroatoms. The van der Waals surface area contributed by atoms with Crippen molar-refractivity contribution in [3.63, 3.8) is 0 Å². The first kappa shape index (κ1) is 86.2. The molecule has 0 spiro atoms. The fraction of sp³-hybridized carbons (Fsp3) is 0.277. The predicted octanol–water partition coefficient (Wildman–Crippen LogP) is 35.0. The Hall–Kier alpha value is -13.0. The SMILES string of the molecule is CC(C)(C)c1ccc(-c2cccc(-c3ccc(C(C)(C)C)cc3)c2N2c3cc(-n4c5cc(C(C)(C)C)c6cccc7c8cccc9c(C(C)(C)C)cc4c(c98)c5c67)ccc3B3c4ccc(-n5c6cc(C(C)(C)C)c7cccc8c9cccc%10c(C(C)(C)C)cc5c(c%109)c6c78)cc4N(c4c(-c5ccc(C(C)(C)C)cc5)cccc4-c4ccc(C(C)(C)C)cc4)c4cc(C(C)(C)C)cc2c43)cc1. The molecule has 2 aliphatic heterocycles.